The van der Waals surface area contributed by atoms with Crippen molar-refractivity contribution in [2.24, 2.45) is 4.99 Å². The van der Waals surface area contributed by atoms with Crippen LogP contribution in [0.3, 0.4) is 0 Å². The van der Waals surface area contributed by atoms with Crippen LogP contribution in [0.4, 0.5) is 10.6 Å². The summed E-state index contributed by atoms with van der Waals surface area (Å²) in [6, 6.07) is 7.62. The van der Waals surface area contributed by atoms with Crippen LogP contribution in [0.1, 0.15) is 30.9 Å². The summed E-state index contributed by atoms with van der Waals surface area (Å²) in [5.41, 5.74) is 2.69. The van der Waals surface area contributed by atoms with Gasteiger partial charge in [0.05, 0.1) is 17.4 Å². The Morgan fingerprint density at radius 3 is 2.89 bits per heavy atom. The molecule has 0 unspecified atom stereocenters. The van der Waals surface area contributed by atoms with Gasteiger partial charge in [-0.05, 0) is 31.4 Å². The smallest absolute Gasteiger partial charge is 0.331 e. The van der Waals surface area contributed by atoms with Gasteiger partial charge in [-0.15, -0.1) is 0 Å². The summed E-state index contributed by atoms with van der Waals surface area (Å²) in [5.74, 6) is 1.07. The van der Waals surface area contributed by atoms with Crippen LogP contribution in [0.15, 0.2) is 35.5 Å². The van der Waals surface area contributed by atoms with Crippen LogP contribution in [0, 0.1) is 6.92 Å². The number of urea groups is 1. The topological polar surface area (TPSA) is 82.8 Å². The van der Waals surface area contributed by atoms with Crippen LogP contribution < -0.4 is 10.2 Å². The summed E-state index contributed by atoms with van der Waals surface area (Å²) in [6.07, 6.45) is 3.39. The third-order valence-electron chi connectivity index (χ3n) is 4.98. The van der Waals surface area contributed by atoms with Gasteiger partial charge in [0.1, 0.15) is 12.4 Å². The summed E-state index contributed by atoms with van der Waals surface area (Å²) >= 11 is 0. The molecule has 146 valence electrons. The standard InChI is InChI=1S/C20H24N6O2/c1-3-9-21-17(27)13-25-19-15(18-22-10-6-11-24(18)20(25)28)12-23-26(19)16-8-5-4-7-14(16)2/h4-5,7-8,12H,3,6,9-11,13H2,1-2H3,(H,21,27). The summed E-state index contributed by atoms with van der Waals surface area (Å²) < 4.78 is 1.74. The van der Waals surface area contributed by atoms with Crippen molar-refractivity contribution in [3.63, 3.8) is 0 Å². The van der Waals surface area contributed by atoms with Crippen LogP contribution in [-0.4, -0.2) is 58.6 Å². The number of hydrogen-bond acceptors (Lipinski definition) is 4. The number of nitrogens with one attached hydrogen (secondary N) is 1. The van der Waals surface area contributed by atoms with Gasteiger partial charge in [-0.2, -0.15) is 5.10 Å². The highest BCUT2D eigenvalue weighted by molar-refractivity contribution is 6.19. The zero-order valence-electron chi connectivity index (χ0n) is 16.2. The molecule has 1 aromatic carbocycles. The van der Waals surface area contributed by atoms with Gasteiger partial charge in [-0.3, -0.25) is 19.6 Å². The lowest BCUT2D eigenvalue weighted by molar-refractivity contribution is -0.119. The van der Waals surface area contributed by atoms with Gasteiger partial charge in [0.25, 0.3) is 0 Å². The minimum atomic E-state index is -0.229. The van der Waals surface area contributed by atoms with E-state index >= 15 is 0 Å². The number of carbonyl (C=O) groups excluding carboxylic acids is 2. The number of rotatable bonds is 5. The van der Waals surface area contributed by atoms with E-state index in [0.29, 0.717) is 31.3 Å². The van der Waals surface area contributed by atoms with Crippen molar-refractivity contribution in [3.05, 3.63) is 41.6 Å². The first-order valence-electron chi connectivity index (χ1n) is 9.66. The summed E-state index contributed by atoms with van der Waals surface area (Å²) in [4.78, 5) is 33.4. The number of aliphatic imine (C=N–C) groups is 1. The molecule has 0 aliphatic carbocycles. The second-order valence-corrected chi connectivity index (χ2v) is 7.01. The minimum Gasteiger partial charge on any atom is -0.355 e. The van der Waals surface area contributed by atoms with E-state index < -0.39 is 0 Å². The molecule has 3 amide bonds. The highest BCUT2D eigenvalue weighted by atomic mass is 16.2. The van der Waals surface area contributed by atoms with Crippen LogP contribution in [0.5, 0.6) is 0 Å². The highest BCUT2D eigenvalue weighted by Gasteiger charge is 2.40. The lowest BCUT2D eigenvalue weighted by Crippen LogP contribution is -2.55. The maximum atomic E-state index is 13.2. The van der Waals surface area contributed by atoms with Crippen LogP contribution >= 0.6 is 0 Å². The number of amidine groups is 1. The monoisotopic (exact) mass is 380 g/mol. The first kappa shape index (κ1) is 18.2. The first-order chi connectivity index (χ1) is 13.6. The fraction of sp³-hybridized carbons (Fsp3) is 0.400. The fourth-order valence-corrected chi connectivity index (χ4v) is 3.60. The van der Waals surface area contributed by atoms with Crippen molar-refractivity contribution in [1.29, 1.82) is 0 Å². The quantitative estimate of drug-likeness (QED) is 0.862. The number of nitrogens with zero attached hydrogens (tertiary/aromatic N) is 5. The Balaban J connectivity index is 1.82. The number of aryl methyl sites for hydroxylation is 1. The zero-order chi connectivity index (χ0) is 19.7. The Kier molecular flexibility index (Phi) is 4.85. The highest BCUT2D eigenvalue weighted by Crippen LogP contribution is 2.33. The van der Waals surface area contributed by atoms with Gasteiger partial charge in [-0.1, -0.05) is 25.1 Å². The molecule has 1 N–H and O–H groups in total. The van der Waals surface area contributed by atoms with Gasteiger partial charge in [-0.25, -0.2) is 9.48 Å². The third kappa shape index (κ3) is 3.04. The number of aromatic nitrogens is 2. The number of amides is 3. The predicted molar refractivity (Wildman–Crippen MR) is 107 cm³/mol. The predicted octanol–water partition coefficient (Wildman–Crippen LogP) is 2.10. The first-order valence-corrected chi connectivity index (χ1v) is 9.66. The molecule has 0 saturated heterocycles. The molecular weight excluding hydrogens is 356 g/mol. The molecule has 0 fully saturated rings. The number of fused-ring (bicyclic) bond motifs is 3. The van der Waals surface area contributed by atoms with E-state index in [1.165, 1.54) is 4.90 Å². The molecule has 4 rings (SSSR count). The lowest BCUT2D eigenvalue weighted by Gasteiger charge is -2.37. The summed E-state index contributed by atoms with van der Waals surface area (Å²) in [6.45, 7) is 5.81. The molecule has 1 aromatic heterocycles. The Labute approximate surface area is 163 Å². The molecule has 8 nitrogen and oxygen atoms in total. The van der Waals surface area contributed by atoms with Crippen molar-refractivity contribution in [3.8, 4) is 5.69 Å². The number of benzene rings is 1. The Morgan fingerprint density at radius 1 is 1.29 bits per heavy atom. The van der Waals surface area contributed by atoms with Crippen LogP contribution in [-0.2, 0) is 4.79 Å². The maximum Gasteiger partial charge on any atom is 0.331 e. The molecule has 0 radical (unpaired) electrons. The molecule has 3 heterocycles. The van der Waals surface area contributed by atoms with E-state index in [1.54, 1.807) is 15.8 Å². The van der Waals surface area contributed by atoms with Gasteiger partial charge < -0.3 is 5.32 Å². The average Bonchev–Trinajstić information content (AvgIpc) is 3.15. The van der Waals surface area contributed by atoms with Gasteiger partial charge in [0.15, 0.2) is 5.82 Å². The summed E-state index contributed by atoms with van der Waals surface area (Å²) in [5, 5.41) is 7.41. The van der Waals surface area contributed by atoms with E-state index in [-0.39, 0.29) is 18.5 Å². The Hall–Kier alpha value is -3.16. The number of anilines is 1. The van der Waals surface area contributed by atoms with E-state index in [4.69, 9.17) is 0 Å². The molecule has 2 aliphatic rings. The van der Waals surface area contributed by atoms with Crippen molar-refractivity contribution in [2.45, 2.75) is 26.7 Å². The van der Waals surface area contributed by atoms with E-state index in [9.17, 15) is 9.59 Å². The molecule has 2 aliphatic heterocycles. The fourth-order valence-electron chi connectivity index (χ4n) is 3.60. The van der Waals surface area contributed by atoms with E-state index in [2.05, 4.69) is 15.4 Å². The zero-order valence-corrected chi connectivity index (χ0v) is 16.2. The second-order valence-electron chi connectivity index (χ2n) is 7.01. The SMILES string of the molecule is CCCNC(=O)CN1C(=O)N2CCCN=C2c2cnn(-c3ccccc3C)c21. The maximum absolute atomic E-state index is 13.2. The molecule has 0 bridgehead atoms. The Bertz CT molecular complexity index is 948. The van der Waals surface area contributed by atoms with Crippen molar-refractivity contribution < 1.29 is 9.59 Å². The molecule has 0 spiro atoms. The van der Waals surface area contributed by atoms with Gasteiger partial charge in [0.2, 0.25) is 5.91 Å². The largest absolute Gasteiger partial charge is 0.355 e. The minimum absolute atomic E-state index is 0.0484. The lowest BCUT2D eigenvalue weighted by atomic mass is 10.1. The van der Waals surface area contributed by atoms with E-state index in [0.717, 1.165) is 29.7 Å². The number of carbonyl (C=O) groups is 2. The molecule has 8 heteroatoms. The molecule has 0 atom stereocenters. The van der Waals surface area contributed by atoms with Crippen molar-refractivity contribution in [1.82, 2.24) is 20.0 Å². The van der Waals surface area contributed by atoms with Gasteiger partial charge in [0, 0.05) is 19.6 Å². The van der Waals surface area contributed by atoms with Gasteiger partial charge >= 0.3 is 6.03 Å². The Morgan fingerprint density at radius 2 is 2.11 bits per heavy atom. The van der Waals surface area contributed by atoms with Crippen molar-refractivity contribution in [2.75, 3.05) is 31.1 Å². The molecular formula is C20H24N6O2. The van der Waals surface area contributed by atoms with E-state index in [1.807, 2.05) is 38.1 Å². The average molecular weight is 380 g/mol. The third-order valence-corrected chi connectivity index (χ3v) is 4.98. The summed E-state index contributed by atoms with van der Waals surface area (Å²) in [7, 11) is 0. The van der Waals surface area contributed by atoms with Crippen LogP contribution in [0.25, 0.3) is 5.69 Å². The number of para-hydroxylation sites is 1. The van der Waals surface area contributed by atoms with Crippen LogP contribution in [0.2, 0.25) is 0 Å². The normalized spacial score (nSPS) is 15.8. The number of hydrogen-bond donors (Lipinski definition) is 1. The van der Waals surface area contributed by atoms with Crippen molar-refractivity contribution >= 4 is 23.6 Å². The second kappa shape index (κ2) is 7.46. The molecule has 2 aromatic rings. The molecule has 28 heavy (non-hydrogen) atoms. The molecule has 0 saturated carbocycles.